The van der Waals surface area contributed by atoms with Crippen LogP contribution in [0.15, 0.2) is 42.5 Å². The molecule has 1 N–H and O–H groups in total. The van der Waals surface area contributed by atoms with Crippen molar-refractivity contribution >= 4 is 23.2 Å². The van der Waals surface area contributed by atoms with Crippen LogP contribution in [0.5, 0.6) is 5.75 Å². The Labute approximate surface area is 152 Å². The Balaban J connectivity index is 1.78. The highest BCUT2D eigenvalue weighted by atomic mass is 35.5. The molecule has 1 aliphatic rings. The Morgan fingerprint density at radius 1 is 1.24 bits per heavy atom. The highest BCUT2D eigenvalue weighted by Crippen LogP contribution is 2.25. The third-order valence-corrected chi connectivity index (χ3v) is 4.40. The van der Waals surface area contributed by atoms with Crippen molar-refractivity contribution in [3.05, 3.63) is 58.6 Å². The molecule has 25 heavy (non-hydrogen) atoms. The van der Waals surface area contributed by atoms with Crippen LogP contribution in [-0.4, -0.2) is 44.2 Å². The van der Waals surface area contributed by atoms with Gasteiger partial charge in [-0.1, -0.05) is 29.8 Å². The van der Waals surface area contributed by atoms with Gasteiger partial charge in [0.2, 0.25) is 0 Å². The average Bonchev–Trinajstić information content (AvgIpc) is 2.64. The van der Waals surface area contributed by atoms with Crippen LogP contribution < -0.4 is 10.1 Å². The van der Waals surface area contributed by atoms with Crippen LogP contribution in [0, 0.1) is 0 Å². The number of anilines is 1. The zero-order valence-electron chi connectivity index (χ0n) is 14.1. The van der Waals surface area contributed by atoms with Crippen molar-refractivity contribution in [2.24, 2.45) is 0 Å². The number of morpholine rings is 1. The summed E-state index contributed by atoms with van der Waals surface area (Å²) in [7, 11) is 1.53. The summed E-state index contributed by atoms with van der Waals surface area (Å²) in [6.07, 6.45) is 0. The number of nitrogens with zero attached hydrogens (tertiary/aromatic N) is 1. The van der Waals surface area contributed by atoms with E-state index in [1.807, 2.05) is 24.3 Å². The maximum atomic E-state index is 12.7. The van der Waals surface area contributed by atoms with Crippen LogP contribution in [0.4, 0.5) is 5.69 Å². The summed E-state index contributed by atoms with van der Waals surface area (Å²) in [6, 6.07) is 12.8. The van der Waals surface area contributed by atoms with Crippen molar-refractivity contribution in [2.45, 2.75) is 6.54 Å². The monoisotopic (exact) mass is 360 g/mol. The summed E-state index contributed by atoms with van der Waals surface area (Å²) in [4.78, 5) is 15.0. The third kappa shape index (κ3) is 4.51. The van der Waals surface area contributed by atoms with Crippen LogP contribution in [0.3, 0.4) is 0 Å². The largest absolute Gasteiger partial charge is 0.496 e. The molecule has 0 atom stereocenters. The van der Waals surface area contributed by atoms with Gasteiger partial charge < -0.3 is 14.8 Å². The van der Waals surface area contributed by atoms with Crippen LogP contribution >= 0.6 is 11.6 Å². The fourth-order valence-corrected chi connectivity index (χ4v) is 3.00. The van der Waals surface area contributed by atoms with Gasteiger partial charge in [0.15, 0.2) is 0 Å². The number of benzene rings is 2. The van der Waals surface area contributed by atoms with Crippen molar-refractivity contribution in [3.8, 4) is 5.75 Å². The molecule has 5 nitrogen and oxygen atoms in total. The smallest absolute Gasteiger partial charge is 0.259 e. The number of hydrogen-bond donors (Lipinski definition) is 1. The van der Waals surface area contributed by atoms with E-state index in [9.17, 15) is 4.79 Å². The molecule has 0 aromatic heterocycles. The molecular weight excluding hydrogens is 340 g/mol. The molecular formula is C19H21ClN2O3. The number of hydrogen-bond acceptors (Lipinski definition) is 4. The Morgan fingerprint density at radius 2 is 2.00 bits per heavy atom. The first kappa shape index (κ1) is 17.7. The van der Waals surface area contributed by atoms with Gasteiger partial charge in [0, 0.05) is 30.3 Å². The van der Waals surface area contributed by atoms with Crippen LogP contribution in [0.25, 0.3) is 0 Å². The second kappa shape index (κ2) is 8.34. The number of para-hydroxylation sites is 1. The molecule has 3 rings (SSSR count). The quantitative estimate of drug-likeness (QED) is 0.887. The predicted molar refractivity (Wildman–Crippen MR) is 98.5 cm³/mol. The summed E-state index contributed by atoms with van der Waals surface area (Å²) >= 11 is 6.03. The van der Waals surface area contributed by atoms with E-state index in [4.69, 9.17) is 21.1 Å². The Morgan fingerprint density at radius 3 is 2.76 bits per heavy atom. The lowest BCUT2D eigenvalue weighted by Gasteiger charge is -2.27. The minimum atomic E-state index is -0.242. The van der Waals surface area contributed by atoms with E-state index in [1.165, 1.54) is 7.11 Å². The standard InChI is InChI=1S/C19H21ClN2O3/c1-24-18-7-6-15(20)12-16(18)19(23)21-17-5-3-2-4-14(17)13-22-8-10-25-11-9-22/h2-7,12H,8-11,13H2,1H3,(H,21,23). The zero-order chi connectivity index (χ0) is 17.6. The number of ether oxygens (including phenoxy) is 2. The van der Waals surface area contributed by atoms with Crippen molar-refractivity contribution < 1.29 is 14.3 Å². The van der Waals surface area contributed by atoms with Crippen molar-refractivity contribution in [1.82, 2.24) is 4.90 Å². The maximum absolute atomic E-state index is 12.7. The van der Waals surface area contributed by atoms with Gasteiger partial charge in [0.1, 0.15) is 5.75 Å². The molecule has 1 aliphatic heterocycles. The molecule has 1 amide bonds. The fraction of sp³-hybridized carbons (Fsp3) is 0.316. The van der Waals surface area contributed by atoms with Gasteiger partial charge in [-0.05, 0) is 29.8 Å². The topological polar surface area (TPSA) is 50.8 Å². The molecule has 0 radical (unpaired) electrons. The molecule has 1 saturated heterocycles. The van der Waals surface area contributed by atoms with E-state index in [1.54, 1.807) is 18.2 Å². The molecule has 2 aromatic carbocycles. The first-order valence-corrected chi connectivity index (χ1v) is 8.58. The Hall–Kier alpha value is -2.08. The summed E-state index contributed by atoms with van der Waals surface area (Å²) in [5.74, 6) is 0.251. The van der Waals surface area contributed by atoms with E-state index >= 15 is 0 Å². The second-order valence-electron chi connectivity index (χ2n) is 5.84. The Kier molecular flexibility index (Phi) is 5.91. The van der Waals surface area contributed by atoms with E-state index in [0.29, 0.717) is 16.3 Å². The van der Waals surface area contributed by atoms with Gasteiger partial charge in [0.05, 0.1) is 25.9 Å². The molecule has 6 heteroatoms. The molecule has 0 bridgehead atoms. The first-order valence-electron chi connectivity index (χ1n) is 8.20. The molecule has 2 aromatic rings. The first-order chi connectivity index (χ1) is 12.2. The average molecular weight is 361 g/mol. The van der Waals surface area contributed by atoms with Gasteiger partial charge in [-0.3, -0.25) is 9.69 Å². The summed E-state index contributed by atoms with van der Waals surface area (Å²) in [6.45, 7) is 4.05. The lowest BCUT2D eigenvalue weighted by molar-refractivity contribution is 0.0342. The molecule has 132 valence electrons. The highest BCUT2D eigenvalue weighted by molar-refractivity contribution is 6.31. The molecule has 0 aliphatic carbocycles. The van der Waals surface area contributed by atoms with Crippen molar-refractivity contribution in [1.29, 1.82) is 0 Å². The Bertz CT molecular complexity index is 745. The molecule has 1 fully saturated rings. The number of nitrogens with one attached hydrogen (secondary N) is 1. The van der Waals surface area contributed by atoms with Gasteiger partial charge in [-0.15, -0.1) is 0 Å². The lowest BCUT2D eigenvalue weighted by atomic mass is 10.1. The SMILES string of the molecule is COc1ccc(Cl)cc1C(=O)Nc1ccccc1CN1CCOCC1. The van der Waals surface area contributed by atoms with Crippen LogP contribution in [0.2, 0.25) is 5.02 Å². The highest BCUT2D eigenvalue weighted by Gasteiger charge is 2.16. The maximum Gasteiger partial charge on any atom is 0.259 e. The van der Waals surface area contributed by atoms with Gasteiger partial charge >= 0.3 is 0 Å². The van der Waals surface area contributed by atoms with Crippen LogP contribution in [-0.2, 0) is 11.3 Å². The van der Waals surface area contributed by atoms with Gasteiger partial charge in [-0.2, -0.15) is 0 Å². The summed E-state index contributed by atoms with van der Waals surface area (Å²) in [5.41, 5.74) is 2.27. The number of carbonyl (C=O) groups excluding carboxylic acids is 1. The number of halogens is 1. The molecule has 1 heterocycles. The van der Waals surface area contributed by atoms with E-state index in [2.05, 4.69) is 10.2 Å². The van der Waals surface area contributed by atoms with Gasteiger partial charge in [-0.25, -0.2) is 0 Å². The third-order valence-electron chi connectivity index (χ3n) is 4.17. The fourth-order valence-electron chi connectivity index (χ4n) is 2.83. The number of amides is 1. The number of rotatable bonds is 5. The van der Waals surface area contributed by atoms with E-state index in [-0.39, 0.29) is 5.91 Å². The second-order valence-corrected chi connectivity index (χ2v) is 6.28. The van der Waals surface area contributed by atoms with Crippen LogP contribution in [0.1, 0.15) is 15.9 Å². The van der Waals surface area contributed by atoms with Crippen molar-refractivity contribution in [3.63, 3.8) is 0 Å². The lowest BCUT2D eigenvalue weighted by Crippen LogP contribution is -2.35. The molecule has 0 spiro atoms. The minimum absolute atomic E-state index is 0.242. The van der Waals surface area contributed by atoms with Gasteiger partial charge in [0.25, 0.3) is 5.91 Å². The number of methoxy groups -OCH3 is 1. The summed E-state index contributed by atoms with van der Waals surface area (Å²) in [5, 5.41) is 3.48. The van der Waals surface area contributed by atoms with Crippen molar-refractivity contribution in [2.75, 3.05) is 38.7 Å². The predicted octanol–water partition coefficient (Wildman–Crippen LogP) is 3.43. The van der Waals surface area contributed by atoms with E-state index in [0.717, 1.165) is 44.1 Å². The normalized spacial score (nSPS) is 15.0. The zero-order valence-corrected chi connectivity index (χ0v) is 14.9. The number of carbonyl (C=O) groups is 1. The molecule has 0 unspecified atom stereocenters. The van der Waals surface area contributed by atoms with E-state index < -0.39 is 0 Å². The minimum Gasteiger partial charge on any atom is -0.496 e. The summed E-state index contributed by atoms with van der Waals surface area (Å²) < 4.78 is 10.7. The molecule has 0 saturated carbocycles.